The van der Waals surface area contributed by atoms with Crippen molar-refractivity contribution in [3.05, 3.63) is 107 Å². The van der Waals surface area contributed by atoms with Gasteiger partial charge in [0.2, 0.25) is 0 Å². The molecule has 0 bridgehead atoms. The van der Waals surface area contributed by atoms with E-state index in [1.807, 2.05) is 45.3 Å². The van der Waals surface area contributed by atoms with E-state index in [9.17, 15) is 4.79 Å². The smallest absolute Gasteiger partial charge is 0.338 e. The van der Waals surface area contributed by atoms with E-state index in [1.54, 1.807) is 0 Å². The van der Waals surface area contributed by atoms with Crippen LogP contribution < -0.4 is 14.5 Å². The fourth-order valence-corrected chi connectivity index (χ4v) is 5.99. The molecule has 2 aliphatic heterocycles. The number of ether oxygens (including phenoxy) is 2. The quantitative estimate of drug-likeness (QED) is 0.221. The van der Waals surface area contributed by atoms with Crippen molar-refractivity contribution in [2.24, 2.45) is 0 Å². The number of fused-ring (bicyclic) bond motifs is 3. The van der Waals surface area contributed by atoms with Gasteiger partial charge < -0.3 is 19.3 Å². The number of rotatable bonds is 7. The molecule has 0 aromatic heterocycles. The number of benzene rings is 4. The average molecular weight is 547 g/mol. The van der Waals surface area contributed by atoms with Crippen molar-refractivity contribution in [3.63, 3.8) is 0 Å². The Labute approximate surface area is 243 Å². The zero-order valence-corrected chi connectivity index (χ0v) is 24.2. The van der Waals surface area contributed by atoms with Crippen molar-refractivity contribution in [3.8, 4) is 5.75 Å². The minimum Gasteiger partial charge on any atom is -0.472 e. The first-order chi connectivity index (χ1) is 20.0. The lowest BCUT2D eigenvalue weighted by atomic mass is 9.82. The molecule has 0 N–H and O–H groups in total. The summed E-state index contributed by atoms with van der Waals surface area (Å²) in [6.07, 6.45) is 8.70. The number of hydrogen-bond donors (Lipinski definition) is 0. The van der Waals surface area contributed by atoms with Crippen LogP contribution in [0.5, 0.6) is 5.75 Å². The summed E-state index contributed by atoms with van der Waals surface area (Å²) in [5.74, 6) is 0.370. The monoisotopic (exact) mass is 546 g/mol. The van der Waals surface area contributed by atoms with Gasteiger partial charge >= 0.3 is 5.97 Å². The normalized spacial score (nSPS) is 18.1. The summed E-state index contributed by atoms with van der Waals surface area (Å²) in [4.78, 5) is 17.8. The fourth-order valence-electron chi connectivity index (χ4n) is 5.99. The first-order valence-corrected chi connectivity index (χ1v) is 14.7. The molecule has 0 amide bonds. The van der Waals surface area contributed by atoms with Gasteiger partial charge in [-0.15, -0.1) is 0 Å². The van der Waals surface area contributed by atoms with Gasteiger partial charge in [-0.1, -0.05) is 55.5 Å². The van der Waals surface area contributed by atoms with Gasteiger partial charge in [0.25, 0.3) is 0 Å². The molecule has 2 heterocycles. The zero-order chi connectivity index (χ0) is 28.4. The van der Waals surface area contributed by atoms with Crippen molar-refractivity contribution in [2.75, 3.05) is 43.6 Å². The van der Waals surface area contributed by atoms with E-state index in [-0.39, 0.29) is 5.97 Å². The Morgan fingerprint density at radius 3 is 2.37 bits per heavy atom. The standard InChI is InChI=1S/C36H38N2O3/c1-4-23-40-35(39)33-24-26-13-16-30(37(2)3)25-32(26)34-31(33)19-20-36(41-34,27-11-7-5-8-12-27)28-14-17-29(18-15-28)38-21-9-6-10-22-38/h5,7-8,11-20,24-25H,4,6,9-10,21-23H2,1-3H3. The van der Waals surface area contributed by atoms with E-state index in [4.69, 9.17) is 9.47 Å². The summed E-state index contributed by atoms with van der Waals surface area (Å²) >= 11 is 0. The number of anilines is 2. The van der Waals surface area contributed by atoms with Crippen LogP contribution in [0.25, 0.3) is 16.8 Å². The van der Waals surface area contributed by atoms with E-state index < -0.39 is 5.60 Å². The fraction of sp³-hybridized carbons (Fsp3) is 0.306. The lowest BCUT2D eigenvalue weighted by Gasteiger charge is -2.37. The molecule has 1 fully saturated rings. The molecule has 5 nitrogen and oxygen atoms in total. The van der Waals surface area contributed by atoms with Gasteiger partial charge in [0, 0.05) is 60.6 Å². The zero-order valence-electron chi connectivity index (χ0n) is 24.2. The second-order valence-corrected chi connectivity index (χ2v) is 11.2. The van der Waals surface area contributed by atoms with Gasteiger partial charge in [0.05, 0.1) is 12.2 Å². The van der Waals surface area contributed by atoms with Gasteiger partial charge in [0.1, 0.15) is 5.75 Å². The third-order valence-electron chi connectivity index (χ3n) is 8.26. The van der Waals surface area contributed by atoms with Crippen LogP contribution in [0.2, 0.25) is 0 Å². The predicted octanol–water partition coefficient (Wildman–Crippen LogP) is 7.81. The van der Waals surface area contributed by atoms with Crippen LogP contribution in [0, 0.1) is 0 Å². The molecule has 210 valence electrons. The first kappa shape index (κ1) is 26.9. The summed E-state index contributed by atoms with van der Waals surface area (Å²) in [5.41, 5.74) is 4.81. The lowest BCUT2D eigenvalue weighted by Crippen LogP contribution is -2.35. The summed E-state index contributed by atoms with van der Waals surface area (Å²) in [5, 5.41) is 1.91. The van der Waals surface area contributed by atoms with Crippen molar-refractivity contribution in [2.45, 2.75) is 38.2 Å². The van der Waals surface area contributed by atoms with E-state index in [2.05, 4.69) is 76.5 Å². The molecule has 5 heteroatoms. The van der Waals surface area contributed by atoms with Crippen LogP contribution in [0.1, 0.15) is 59.7 Å². The molecular formula is C36H38N2O3. The number of nitrogens with zero attached hydrogens (tertiary/aromatic N) is 2. The van der Waals surface area contributed by atoms with Gasteiger partial charge in [-0.05, 0) is 73.6 Å². The van der Waals surface area contributed by atoms with Crippen LogP contribution in [0.4, 0.5) is 11.4 Å². The van der Waals surface area contributed by atoms with Crippen LogP contribution in [-0.2, 0) is 10.3 Å². The maximum absolute atomic E-state index is 13.3. The Kier molecular flexibility index (Phi) is 7.44. The molecule has 4 aromatic rings. The minimum atomic E-state index is -0.859. The van der Waals surface area contributed by atoms with Crippen LogP contribution >= 0.6 is 0 Å². The highest BCUT2D eigenvalue weighted by atomic mass is 16.5. The van der Waals surface area contributed by atoms with Gasteiger partial charge in [-0.2, -0.15) is 0 Å². The van der Waals surface area contributed by atoms with Gasteiger partial charge in [-0.25, -0.2) is 4.79 Å². The van der Waals surface area contributed by atoms with Gasteiger partial charge in [0.15, 0.2) is 5.60 Å². The molecule has 1 saturated heterocycles. The van der Waals surface area contributed by atoms with Crippen LogP contribution in [0.3, 0.4) is 0 Å². The van der Waals surface area contributed by atoms with Gasteiger partial charge in [-0.3, -0.25) is 0 Å². The summed E-state index contributed by atoms with van der Waals surface area (Å²) in [7, 11) is 4.06. The largest absolute Gasteiger partial charge is 0.472 e. The molecule has 1 unspecified atom stereocenters. The van der Waals surface area contributed by atoms with E-state index in [0.717, 1.165) is 52.7 Å². The Hall–Kier alpha value is -4.25. The first-order valence-electron chi connectivity index (χ1n) is 14.7. The molecule has 6 rings (SSSR count). The summed E-state index contributed by atoms with van der Waals surface area (Å²) in [6.45, 7) is 4.58. The van der Waals surface area contributed by atoms with Crippen molar-refractivity contribution in [1.29, 1.82) is 0 Å². The molecule has 41 heavy (non-hydrogen) atoms. The molecule has 2 aliphatic rings. The molecule has 4 aromatic carbocycles. The highest BCUT2D eigenvalue weighted by Gasteiger charge is 2.39. The lowest BCUT2D eigenvalue weighted by molar-refractivity contribution is 0.0503. The maximum Gasteiger partial charge on any atom is 0.338 e. The molecular weight excluding hydrogens is 508 g/mol. The minimum absolute atomic E-state index is 0.326. The summed E-state index contributed by atoms with van der Waals surface area (Å²) in [6, 6.07) is 27.4. The Morgan fingerprint density at radius 1 is 0.927 bits per heavy atom. The molecule has 0 saturated carbocycles. The van der Waals surface area contributed by atoms with E-state index in [1.165, 1.54) is 24.9 Å². The third-order valence-corrected chi connectivity index (χ3v) is 8.26. The number of hydrogen-bond acceptors (Lipinski definition) is 5. The Bertz CT molecular complexity index is 1570. The van der Waals surface area contributed by atoms with Crippen LogP contribution in [-0.4, -0.2) is 39.8 Å². The molecule has 0 radical (unpaired) electrons. The topological polar surface area (TPSA) is 42.0 Å². The highest BCUT2D eigenvalue weighted by molar-refractivity contribution is 6.04. The highest BCUT2D eigenvalue weighted by Crippen LogP contribution is 2.47. The van der Waals surface area contributed by atoms with Crippen LogP contribution in [0.15, 0.2) is 84.9 Å². The van der Waals surface area contributed by atoms with E-state index in [0.29, 0.717) is 17.9 Å². The number of esters is 1. The molecule has 0 spiro atoms. The second-order valence-electron chi connectivity index (χ2n) is 11.2. The third kappa shape index (κ3) is 5.06. The number of piperidine rings is 1. The average Bonchev–Trinajstić information content (AvgIpc) is 3.03. The molecule has 1 atom stereocenters. The maximum atomic E-state index is 13.3. The number of carbonyl (C=O) groups excluding carboxylic acids is 1. The predicted molar refractivity (Wildman–Crippen MR) is 168 cm³/mol. The Morgan fingerprint density at radius 2 is 1.66 bits per heavy atom. The SMILES string of the molecule is CCCOC(=O)c1cc2ccc(N(C)C)cc2c2c1C=CC(c1ccccc1)(c1ccc(N3CCCCC3)cc1)O2. The Balaban J connectivity index is 1.52. The van der Waals surface area contributed by atoms with Crippen molar-refractivity contribution in [1.82, 2.24) is 0 Å². The number of carbonyl (C=O) groups is 1. The van der Waals surface area contributed by atoms with Crippen molar-refractivity contribution < 1.29 is 14.3 Å². The van der Waals surface area contributed by atoms with Crippen molar-refractivity contribution >= 4 is 34.2 Å². The summed E-state index contributed by atoms with van der Waals surface area (Å²) < 4.78 is 12.8. The van der Waals surface area contributed by atoms with E-state index >= 15 is 0 Å². The second kappa shape index (κ2) is 11.3. The molecule has 0 aliphatic carbocycles.